The molecule has 0 heterocycles. The second kappa shape index (κ2) is 6.26. The number of hydrogen-bond acceptors (Lipinski definition) is 1. The minimum atomic E-state index is 0.606. The van der Waals surface area contributed by atoms with Gasteiger partial charge in [0.25, 0.3) is 0 Å². The molecule has 0 unspecified atom stereocenters. The number of benzene rings is 2. The zero-order valence-corrected chi connectivity index (χ0v) is 10.9. The number of rotatable bonds is 4. The van der Waals surface area contributed by atoms with Gasteiger partial charge < -0.3 is 4.74 Å². The third kappa shape index (κ3) is 3.75. The summed E-state index contributed by atoms with van der Waals surface area (Å²) < 4.78 is 5.69. The van der Waals surface area contributed by atoms with Gasteiger partial charge in [0.2, 0.25) is 0 Å². The third-order valence-corrected chi connectivity index (χ3v) is 2.65. The van der Waals surface area contributed by atoms with Gasteiger partial charge in [0.15, 0.2) is 0 Å². The summed E-state index contributed by atoms with van der Waals surface area (Å²) in [5.41, 5.74) is 2.32. The van der Waals surface area contributed by atoms with E-state index in [4.69, 9.17) is 4.74 Å². The molecule has 2 aromatic rings. The van der Waals surface area contributed by atoms with Crippen LogP contribution in [-0.4, -0.2) is 0 Å². The summed E-state index contributed by atoms with van der Waals surface area (Å²) in [4.78, 5) is 1.84. The molecule has 0 N–H and O–H groups in total. The topological polar surface area (TPSA) is 9.23 Å². The quantitative estimate of drug-likeness (QED) is 0.797. The Bertz CT molecular complexity index is 474. The fraction of sp³-hybridized carbons (Fsp3) is 0.0667. The van der Waals surface area contributed by atoms with Crippen molar-refractivity contribution in [3.05, 3.63) is 70.7 Å². The highest BCUT2D eigenvalue weighted by Gasteiger charge is 1.95. The van der Waals surface area contributed by atoms with Crippen LogP contribution in [0, 0.1) is 0 Å². The van der Waals surface area contributed by atoms with Gasteiger partial charge in [-0.15, -0.1) is 0 Å². The summed E-state index contributed by atoms with van der Waals surface area (Å²) in [6, 6.07) is 18.2. The van der Waals surface area contributed by atoms with Crippen molar-refractivity contribution in [2.75, 3.05) is 0 Å². The predicted octanol–water partition coefficient (Wildman–Crippen LogP) is 4.63. The second-order valence-corrected chi connectivity index (χ2v) is 4.16. The summed E-state index contributed by atoms with van der Waals surface area (Å²) in [6.07, 6.45) is 1.99. The lowest BCUT2D eigenvalue weighted by Crippen LogP contribution is -1.94. The van der Waals surface area contributed by atoms with E-state index in [1.54, 1.807) is 0 Å². The minimum Gasteiger partial charge on any atom is -0.489 e. The van der Waals surface area contributed by atoms with E-state index in [0.717, 1.165) is 11.3 Å². The lowest BCUT2D eigenvalue weighted by Gasteiger charge is -2.06. The SMILES string of the molecule is Br/C=C/c1ccc(OCc2ccccc2)cc1. The summed E-state index contributed by atoms with van der Waals surface area (Å²) >= 11 is 3.25. The Morgan fingerprint density at radius 2 is 1.65 bits per heavy atom. The molecule has 0 aliphatic heterocycles. The Labute approximate surface area is 110 Å². The van der Waals surface area contributed by atoms with Gasteiger partial charge in [-0.2, -0.15) is 0 Å². The van der Waals surface area contributed by atoms with Crippen LogP contribution >= 0.6 is 15.9 Å². The lowest BCUT2D eigenvalue weighted by atomic mass is 10.2. The molecule has 0 saturated heterocycles. The van der Waals surface area contributed by atoms with Crippen molar-refractivity contribution in [2.24, 2.45) is 0 Å². The van der Waals surface area contributed by atoms with E-state index in [2.05, 4.69) is 28.1 Å². The minimum absolute atomic E-state index is 0.606. The van der Waals surface area contributed by atoms with Crippen molar-refractivity contribution in [1.82, 2.24) is 0 Å². The average molecular weight is 289 g/mol. The smallest absolute Gasteiger partial charge is 0.119 e. The van der Waals surface area contributed by atoms with E-state index >= 15 is 0 Å². The fourth-order valence-corrected chi connectivity index (χ4v) is 1.79. The average Bonchev–Trinajstić information content (AvgIpc) is 2.40. The van der Waals surface area contributed by atoms with E-state index in [1.807, 2.05) is 53.5 Å². The maximum atomic E-state index is 5.69. The summed E-state index contributed by atoms with van der Waals surface area (Å²) in [6.45, 7) is 0.606. The van der Waals surface area contributed by atoms with Crippen LogP contribution in [0.25, 0.3) is 6.08 Å². The van der Waals surface area contributed by atoms with Crippen molar-refractivity contribution >= 4 is 22.0 Å². The first-order chi connectivity index (χ1) is 8.38. The van der Waals surface area contributed by atoms with Gasteiger partial charge in [-0.25, -0.2) is 0 Å². The molecule has 0 aromatic heterocycles. The first-order valence-corrected chi connectivity index (χ1v) is 6.33. The van der Waals surface area contributed by atoms with Crippen LogP contribution in [0.3, 0.4) is 0 Å². The Morgan fingerprint density at radius 3 is 2.29 bits per heavy atom. The van der Waals surface area contributed by atoms with Gasteiger partial charge >= 0.3 is 0 Å². The molecule has 1 nitrogen and oxygen atoms in total. The molecule has 17 heavy (non-hydrogen) atoms. The zero-order chi connectivity index (χ0) is 11.9. The Balaban J connectivity index is 1.95. The molecule has 2 aromatic carbocycles. The lowest BCUT2D eigenvalue weighted by molar-refractivity contribution is 0.306. The van der Waals surface area contributed by atoms with Crippen LogP contribution in [0.2, 0.25) is 0 Å². The molecular weight excluding hydrogens is 276 g/mol. The molecule has 0 bridgehead atoms. The van der Waals surface area contributed by atoms with Crippen molar-refractivity contribution < 1.29 is 4.74 Å². The fourth-order valence-electron chi connectivity index (χ4n) is 1.49. The van der Waals surface area contributed by atoms with Crippen molar-refractivity contribution in [3.8, 4) is 5.75 Å². The zero-order valence-electron chi connectivity index (χ0n) is 9.34. The van der Waals surface area contributed by atoms with Crippen LogP contribution in [0.1, 0.15) is 11.1 Å². The summed E-state index contributed by atoms with van der Waals surface area (Å²) in [7, 11) is 0. The third-order valence-electron chi connectivity index (χ3n) is 2.38. The summed E-state index contributed by atoms with van der Waals surface area (Å²) in [5, 5.41) is 0. The standard InChI is InChI=1S/C15H13BrO/c16-11-10-13-6-8-15(9-7-13)17-12-14-4-2-1-3-5-14/h1-11H,12H2/b11-10+. The summed E-state index contributed by atoms with van der Waals surface area (Å²) in [5.74, 6) is 0.889. The van der Waals surface area contributed by atoms with Gasteiger partial charge in [-0.1, -0.05) is 58.4 Å². The van der Waals surface area contributed by atoms with Gasteiger partial charge in [0, 0.05) is 0 Å². The van der Waals surface area contributed by atoms with E-state index in [1.165, 1.54) is 5.56 Å². The molecule has 0 aliphatic rings. The predicted molar refractivity (Wildman–Crippen MR) is 75.2 cm³/mol. The number of hydrogen-bond donors (Lipinski definition) is 0. The van der Waals surface area contributed by atoms with Crippen LogP contribution in [0.5, 0.6) is 5.75 Å². The van der Waals surface area contributed by atoms with E-state index in [9.17, 15) is 0 Å². The highest BCUT2D eigenvalue weighted by Crippen LogP contribution is 2.15. The molecule has 0 atom stereocenters. The van der Waals surface area contributed by atoms with E-state index in [-0.39, 0.29) is 0 Å². The van der Waals surface area contributed by atoms with Crippen molar-refractivity contribution in [3.63, 3.8) is 0 Å². The molecule has 0 amide bonds. The van der Waals surface area contributed by atoms with Crippen LogP contribution < -0.4 is 4.74 Å². The van der Waals surface area contributed by atoms with Crippen LogP contribution in [0.4, 0.5) is 0 Å². The van der Waals surface area contributed by atoms with Gasteiger partial charge in [-0.05, 0) is 34.3 Å². The van der Waals surface area contributed by atoms with Crippen LogP contribution in [-0.2, 0) is 6.61 Å². The van der Waals surface area contributed by atoms with Gasteiger partial charge in [0.1, 0.15) is 12.4 Å². The number of ether oxygens (including phenoxy) is 1. The van der Waals surface area contributed by atoms with E-state index < -0.39 is 0 Å². The first-order valence-electron chi connectivity index (χ1n) is 5.42. The highest BCUT2D eigenvalue weighted by atomic mass is 79.9. The molecule has 2 heteroatoms. The van der Waals surface area contributed by atoms with Crippen molar-refractivity contribution in [1.29, 1.82) is 0 Å². The first kappa shape index (κ1) is 11.9. The van der Waals surface area contributed by atoms with Crippen LogP contribution in [0.15, 0.2) is 59.6 Å². The number of halogens is 1. The second-order valence-electron chi connectivity index (χ2n) is 3.64. The molecule has 0 spiro atoms. The largest absolute Gasteiger partial charge is 0.489 e. The molecular formula is C15H13BrO. The highest BCUT2D eigenvalue weighted by molar-refractivity contribution is 9.11. The Hall–Kier alpha value is -1.54. The Morgan fingerprint density at radius 1 is 0.941 bits per heavy atom. The molecule has 0 radical (unpaired) electrons. The Kier molecular flexibility index (Phi) is 4.39. The van der Waals surface area contributed by atoms with Gasteiger partial charge in [-0.3, -0.25) is 0 Å². The van der Waals surface area contributed by atoms with E-state index in [0.29, 0.717) is 6.61 Å². The maximum Gasteiger partial charge on any atom is 0.119 e. The maximum absolute atomic E-state index is 5.69. The molecule has 0 fully saturated rings. The molecule has 0 aliphatic carbocycles. The normalized spacial score (nSPS) is 10.6. The molecule has 2 rings (SSSR count). The van der Waals surface area contributed by atoms with Crippen molar-refractivity contribution in [2.45, 2.75) is 6.61 Å². The molecule has 86 valence electrons. The molecule has 0 saturated carbocycles. The van der Waals surface area contributed by atoms with Gasteiger partial charge in [0.05, 0.1) is 0 Å². The monoisotopic (exact) mass is 288 g/mol.